The van der Waals surface area contributed by atoms with E-state index in [0.29, 0.717) is 16.0 Å². The molecule has 0 fully saturated rings. The second kappa shape index (κ2) is 9.54. The van der Waals surface area contributed by atoms with E-state index in [-0.39, 0.29) is 11.7 Å². The van der Waals surface area contributed by atoms with Crippen molar-refractivity contribution in [1.29, 1.82) is 0 Å². The lowest BCUT2D eigenvalue weighted by Crippen LogP contribution is -2.14. The molecule has 0 bridgehead atoms. The van der Waals surface area contributed by atoms with Crippen molar-refractivity contribution in [3.8, 4) is 22.7 Å². The van der Waals surface area contributed by atoms with E-state index in [0.717, 1.165) is 16.9 Å². The van der Waals surface area contributed by atoms with Gasteiger partial charge in [0.25, 0.3) is 0 Å². The number of carbonyl (C=O) groups is 1. The van der Waals surface area contributed by atoms with Gasteiger partial charge in [0, 0.05) is 10.9 Å². The number of ether oxygens (including phenoxy) is 1. The predicted octanol–water partition coefficient (Wildman–Crippen LogP) is 5.06. The van der Waals surface area contributed by atoms with Crippen LogP contribution >= 0.6 is 23.1 Å². The molecule has 1 N–H and O–H groups in total. The number of anilines is 1. The number of para-hydroxylation sites is 2. The molecular weight excluding hydrogens is 442 g/mol. The summed E-state index contributed by atoms with van der Waals surface area (Å²) in [7, 11) is 1.62. The molecule has 164 valence electrons. The summed E-state index contributed by atoms with van der Waals surface area (Å²) < 4.78 is 7.23. The third-order valence-electron chi connectivity index (χ3n) is 4.88. The molecule has 0 saturated heterocycles. The minimum Gasteiger partial charge on any atom is -0.495 e. The van der Waals surface area contributed by atoms with Gasteiger partial charge in [0.1, 0.15) is 12.1 Å². The molecule has 7 nitrogen and oxygen atoms in total. The van der Waals surface area contributed by atoms with Gasteiger partial charge in [-0.25, -0.2) is 4.98 Å². The zero-order chi connectivity index (χ0) is 22.7. The summed E-state index contributed by atoms with van der Waals surface area (Å²) in [6.07, 6.45) is 1.61. The summed E-state index contributed by atoms with van der Waals surface area (Å²) in [5.41, 5.74) is 6.39. The number of thiazole rings is 1. The van der Waals surface area contributed by atoms with Gasteiger partial charge in [-0.2, -0.15) is 0 Å². The van der Waals surface area contributed by atoms with Gasteiger partial charge in [0.15, 0.2) is 10.3 Å². The topological polar surface area (TPSA) is 81.9 Å². The maximum Gasteiger partial charge on any atom is 0.236 e. The Labute approximate surface area is 194 Å². The normalized spacial score (nSPS) is 10.9. The van der Waals surface area contributed by atoms with E-state index in [1.165, 1.54) is 39.8 Å². The summed E-state index contributed by atoms with van der Waals surface area (Å²) in [4.78, 5) is 17.2. The number of methoxy groups -OCH3 is 1. The van der Waals surface area contributed by atoms with Crippen LogP contribution in [0.15, 0.2) is 53.3 Å². The number of nitrogens with zero attached hydrogens (tertiary/aromatic N) is 4. The number of hydrogen-bond acceptors (Lipinski definition) is 7. The van der Waals surface area contributed by atoms with Crippen LogP contribution in [0.1, 0.15) is 16.7 Å². The van der Waals surface area contributed by atoms with E-state index in [4.69, 9.17) is 4.74 Å². The molecule has 0 spiro atoms. The van der Waals surface area contributed by atoms with E-state index >= 15 is 0 Å². The Balaban J connectivity index is 1.43. The Morgan fingerprint density at radius 3 is 2.69 bits per heavy atom. The van der Waals surface area contributed by atoms with E-state index < -0.39 is 0 Å². The first kappa shape index (κ1) is 22.0. The molecule has 2 aromatic heterocycles. The summed E-state index contributed by atoms with van der Waals surface area (Å²) in [6, 6.07) is 11.9. The molecule has 0 saturated carbocycles. The molecule has 0 aliphatic rings. The zero-order valence-corrected chi connectivity index (χ0v) is 19.9. The van der Waals surface area contributed by atoms with E-state index in [2.05, 4.69) is 53.4 Å². The first-order valence-electron chi connectivity index (χ1n) is 9.96. The summed E-state index contributed by atoms with van der Waals surface area (Å²) in [6.45, 7) is 6.26. The molecule has 2 aromatic carbocycles. The Kier molecular flexibility index (Phi) is 6.57. The number of thioether (sulfide) groups is 1. The maximum absolute atomic E-state index is 12.6. The molecule has 4 rings (SSSR count). The lowest BCUT2D eigenvalue weighted by Gasteiger charge is -2.10. The molecule has 0 unspecified atom stereocenters. The largest absolute Gasteiger partial charge is 0.495 e. The quantitative estimate of drug-likeness (QED) is 0.385. The van der Waals surface area contributed by atoms with Crippen LogP contribution in [0, 0.1) is 20.8 Å². The van der Waals surface area contributed by atoms with Crippen LogP contribution < -0.4 is 10.1 Å². The third kappa shape index (κ3) is 4.68. The average Bonchev–Trinajstić information content (AvgIpc) is 3.41. The van der Waals surface area contributed by atoms with Gasteiger partial charge in [-0.15, -0.1) is 21.5 Å². The third-order valence-corrected chi connectivity index (χ3v) is 6.58. The van der Waals surface area contributed by atoms with Gasteiger partial charge in [0.05, 0.1) is 24.2 Å². The van der Waals surface area contributed by atoms with E-state index in [9.17, 15) is 4.79 Å². The first-order chi connectivity index (χ1) is 15.5. The summed E-state index contributed by atoms with van der Waals surface area (Å²) in [5, 5.41) is 14.2. The van der Waals surface area contributed by atoms with Crippen LogP contribution in [0.4, 0.5) is 5.13 Å². The van der Waals surface area contributed by atoms with Crippen molar-refractivity contribution in [2.24, 2.45) is 0 Å². The van der Waals surface area contributed by atoms with E-state index in [1.54, 1.807) is 18.0 Å². The van der Waals surface area contributed by atoms with Gasteiger partial charge < -0.3 is 10.1 Å². The van der Waals surface area contributed by atoms with Crippen molar-refractivity contribution >= 4 is 34.1 Å². The molecule has 0 radical (unpaired) electrons. The summed E-state index contributed by atoms with van der Waals surface area (Å²) >= 11 is 2.72. The van der Waals surface area contributed by atoms with Crippen molar-refractivity contribution in [3.05, 3.63) is 64.8 Å². The number of aromatic nitrogens is 4. The SMILES string of the molecule is COc1ccccc1-n1cnnc1SCC(=O)Nc1nc(-c2c(C)cc(C)cc2C)cs1. The highest BCUT2D eigenvalue weighted by Gasteiger charge is 2.15. The molecule has 9 heteroatoms. The number of nitrogens with one attached hydrogen (secondary N) is 1. The van der Waals surface area contributed by atoms with Crippen LogP contribution in [0.2, 0.25) is 0 Å². The smallest absolute Gasteiger partial charge is 0.236 e. The van der Waals surface area contributed by atoms with Gasteiger partial charge in [-0.05, 0) is 44.0 Å². The van der Waals surface area contributed by atoms with Crippen LogP contribution in [0.25, 0.3) is 16.9 Å². The number of hydrogen-bond donors (Lipinski definition) is 1. The Morgan fingerprint density at radius 1 is 1.19 bits per heavy atom. The highest BCUT2D eigenvalue weighted by atomic mass is 32.2. The van der Waals surface area contributed by atoms with Gasteiger partial charge in [-0.1, -0.05) is 41.6 Å². The van der Waals surface area contributed by atoms with Crippen LogP contribution in [0.5, 0.6) is 5.75 Å². The number of rotatable bonds is 7. The van der Waals surface area contributed by atoms with Gasteiger partial charge in [0.2, 0.25) is 5.91 Å². The van der Waals surface area contributed by atoms with E-state index in [1.807, 2.05) is 29.6 Å². The minimum absolute atomic E-state index is 0.150. The lowest BCUT2D eigenvalue weighted by molar-refractivity contribution is -0.113. The highest BCUT2D eigenvalue weighted by Crippen LogP contribution is 2.31. The molecule has 2 heterocycles. The molecule has 32 heavy (non-hydrogen) atoms. The van der Waals surface area contributed by atoms with Gasteiger partial charge in [-0.3, -0.25) is 9.36 Å². The van der Waals surface area contributed by atoms with Crippen molar-refractivity contribution in [2.45, 2.75) is 25.9 Å². The number of carbonyl (C=O) groups excluding carboxylic acids is 1. The second-order valence-corrected chi connectivity index (χ2v) is 9.10. The van der Waals surface area contributed by atoms with Crippen LogP contribution in [-0.4, -0.2) is 38.5 Å². The molecular formula is C23H23N5O2S2. The number of amides is 1. The Morgan fingerprint density at radius 2 is 1.94 bits per heavy atom. The second-order valence-electron chi connectivity index (χ2n) is 7.30. The van der Waals surface area contributed by atoms with Crippen molar-refractivity contribution < 1.29 is 9.53 Å². The van der Waals surface area contributed by atoms with Crippen molar-refractivity contribution in [2.75, 3.05) is 18.2 Å². The molecule has 0 aliphatic heterocycles. The standard InChI is InChI=1S/C23H23N5O2S2/c1-14-9-15(2)21(16(3)10-14)17-11-31-22(25-17)26-20(29)12-32-23-27-24-13-28(23)18-7-5-6-8-19(18)30-4/h5-11,13H,12H2,1-4H3,(H,25,26,29). The highest BCUT2D eigenvalue weighted by molar-refractivity contribution is 7.99. The first-order valence-corrected chi connectivity index (χ1v) is 11.8. The van der Waals surface area contributed by atoms with Gasteiger partial charge >= 0.3 is 0 Å². The molecule has 0 atom stereocenters. The zero-order valence-electron chi connectivity index (χ0n) is 18.2. The molecule has 4 aromatic rings. The fourth-order valence-electron chi connectivity index (χ4n) is 3.63. The average molecular weight is 466 g/mol. The monoisotopic (exact) mass is 465 g/mol. The lowest BCUT2D eigenvalue weighted by atomic mass is 9.98. The Bertz CT molecular complexity index is 1240. The number of aryl methyl sites for hydroxylation is 3. The van der Waals surface area contributed by atoms with Crippen molar-refractivity contribution in [3.63, 3.8) is 0 Å². The fraction of sp³-hybridized carbons (Fsp3) is 0.217. The number of benzene rings is 2. The van der Waals surface area contributed by atoms with Crippen LogP contribution in [-0.2, 0) is 4.79 Å². The minimum atomic E-state index is -0.150. The Hall–Kier alpha value is -3.17. The van der Waals surface area contributed by atoms with Crippen LogP contribution in [0.3, 0.4) is 0 Å². The fourth-order valence-corrected chi connectivity index (χ4v) is 5.07. The molecule has 0 aliphatic carbocycles. The maximum atomic E-state index is 12.6. The van der Waals surface area contributed by atoms with Crippen molar-refractivity contribution in [1.82, 2.24) is 19.7 Å². The summed E-state index contributed by atoms with van der Waals surface area (Å²) in [5.74, 6) is 0.740. The molecule has 1 amide bonds. The predicted molar refractivity (Wildman–Crippen MR) is 129 cm³/mol.